The van der Waals surface area contributed by atoms with Crippen molar-refractivity contribution in [1.29, 1.82) is 0 Å². The fraction of sp³-hybridized carbons (Fsp3) is 0.986. The number of hydrogen-bond donors (Lipinski definition) is 9. The van der Waals surface area contributed by atoms with Gasteiger partial charge in [-0.15, -0.1) is 0 Å². The van der Waals surface area contributed by atoms with Gasteiger partial charge in [-0.25, -0.2) is 0 Å². The lowest BCUT2D eigenvalue weighted by molar-refractivity contribution is -0.359. The zero-order valence-corrected chi connectivity index (χ0v) is 57.3. The van der Waals surface area contributed by atoms with Gasteiger partial charge in [-0.1, -0.05) is 354 Å². The minimum absolute atomic E-state index is 0.197. The molecule has 2 aliphatic rings. The van der Waals surface area contributed by atoms with E-state index < -0.39 is 86.8 Å². The van der Waals surface area contributed by atoms with Crippen molar-refractivity contribution in [2.75, 3.05) is 19.8 Å². The molecule has 12 unspecified atom stereocenters. The summed E-state index contributed by atoms with van der Waals surface area (Å²) in [6, 6.07) is -0.824. The van der Waals surface area contributed by atoms with E-state index in [1.807, 2.05) is 0 Å². The summed E-state index contributed by atoms with van der Waals surface area (Å²) in [5.41, 5.74) is 0. The fourth-order valence-corrected chi connectivity index (χ4v) is 13.2. The molecule has 0 spiro atoms. The molecule has 2 rings (SSSR count). The van der Waals surface area contributed by atoms with Crippen molar-refractivity contribution in [2.45, 2.75) is 447 Å². The van der Waals surface area contributed by atoms with E-state index in [2.05, 4.69) is 19.2 Å². The molecule has 1 amide bonds. The van der Waals surface area contributed by atoms with Crippen LogP contribution >= 0.6 is 0 Å². The lowest BCUT2D eigenvalue weighted by Gasteiger charge is -2.46. The van der Waals surface area contributed by atoms with Gasteiger partial charge in [0.15, 0.2) is 12.6 Å². The van der Waals surface area contributed by atoms with Crippen LogP contribution in [0, 0.1) is 0 Å². The number of rotatable bonds is 65. The van der Waals surface area contributed by atoms with Crippen LogP contribution in [0.1, 0.15) is 373 Å². The highest BCUT2D eigenvalue weighted by atomic mass is 16.7. The SMILES string of the molecule is CCCCCCCCCCCCCCCCCCCCCCCCCCCCCCCCCCCCCCCCC(=O)NC(COC1OC(CO)C(OC2OC(CO)C(O)C(O)C2O)C(O)C1O)C(O)CCCCCCCCCCCCCCCCCC. The Labute approximate surface area is 540 Å². The van der Waals surface area contributed by atoms with Crippen LogP contribution in [0.2, 0.25) is 0 Å². The lowest BCUT2D eigenvalue weighted by atomic mass is 9.97. The van der Waals surface area contributed by atoms with E-state index in [1.54, 1.807) is 0 Å². The van der Waals surface area contributed by atoms with Crippen molar-refractivity contribution < 1.29 is 64.6 Å². The zero-order chi connectivity index (χ0) is 63.8. The van der Waals surface area contributed by atoms with Crippen LogP contribution in [-0.4, -0.2) is 140 Å². The summed E-state index contributed by atoms with van der Waals surface area (Å²) < 4.78 is 22.9. The highest BCUT2D eigenvalue weighted by molar-refractivity contribution is 5.76. The topological polar surface area (TPSA) is 228 Å². The third-order valence-corrected chi connectivity index (χ3v) is 19.3. The Kier molecular flexibility index (Phi) is 56.4. The Morgan fingerprint density at radius 2 is 0.648 bits per heavy atom. The zero-order valence-electron chi connectivity index (χ0n) is 57.3. The average Bonchev–Trinajstić information content (AvgIpc) is 2.03. The predicted octanol–water partition coefficient (Wildman–Crippen LogP) is 16.4. The molecule has 2 aliphatic heterocycles. The summed E-state index contributed by atoms with van der Waals surface area (Å²) in [6.07, 6.45) is 55.9. The maximum atomic E-state index is 13.4. The number of unbranched alkanes of at least 4 members (excludes halogenated alkanes) is 52. The van der Waals surface area contributed by atoms with Crippen molar-refractivity contribution in [1.82, 2.24) is 5.32 Å². The molecule has 0 aromatic carbocycles. The lowest BCUT2D eigenvalue weighted by Crippen LogP contribution is -2.65. The van der Waals surface area contributed by atoms with Gasteiger partial charge in [0.25, 0.3) is 0 Å². The van der Waals surface area contributed by atoms with E-state index in [4.69, 9.17) is 18.9 Å². The largest absolute Gasteiger partial charge is 0.394 e. The maximum absolute atomic E-state index is 13.4. The summed E-state index contributed by atoms with van der Waals surface area (Å²) in [5.74, 6) is -0.197. The molecule has 524 valence electrons. The number of carbonyl (C=O) groups is 1. The standard InChI is InChI=1S/C74H145NO13/c1-3-5-7-9-11-13-15-17-19-21-22-23-24-25-26-27-28-29-30-31-32-33-34-35-36-37-38-39-40-41-42-44-46-48-50-52-54-56-58-66(79)75-62(63(78)57-55-53-51-49-47-45-43-20-18-16-14-12-10-8-6-4-2)61-85-73-71(84)69(82)72(65(60-77)87-73)88-74-70(83)68(81)67(80)64(59-76)86-74/h62-65,67-74,76-78,80-84H,3-61H2,1-2H3,(H,75,79). The molecular weight excluding hydrogens is 1110 g/mol. The van der Waals surface area contributed by atoms with Gasteiger partial charge in [-0.3, -0.25) is 4.79 Å². The Morgan fingerprint density at radius 3 is 0.966 bits per heavy atom. The van der Waals surface area contributed by atoms with Crippen molar-refractivity contribution in [3.8, 4) is 0 Å². The molecule has 9 N–H and O–H groups in total. The van der Waals surface area contributed by atoms with Gasteiger partial charge < -0.3 is 65.1 Å². The number of hydrogen-bond acceptors (Lipinski definition) is 13. The molecule has 2 saturated heterocycles. The third kappa shape index (κ3) is 43.1. The van der Waals surface area contributed by atoms with Gasteiger partial charge >= 0.3 is 0 Å². The van der Waals surface area contributed by atoms with Gasteiger partial charge in [-0.05, 0) is 12.8 Å². The Morgan fingerprint density at radius 1 is 0.364 bits per heavy atom. The Bertz CT molecular complexity index is 1480. The first-order chi connectivity index (χ1) is 43.1. The summed E-state index contributed by atoms with van der Waals surface area (Å²) in [6.45, 7) is 2.92. The molecule has 14 heteroatoms. The molecule has 14 nitrogen and oxygen atoms in total. The molecule has 0 radical (unpaired) electrons. The number of ether oxygens (including phenoxy) is 4. The summed E-state index contributed by atoms with van der Waals surface area (Å²) in [4.78, 5) is 13.4. The van der Waals surface area contributed by atoms with Crippen molar-refractivity contribution in [3.63, 3.8) is 0 Å². The third-order valence-electron chi connectivity index (χ3n) is 19.3. The van der Waals surface area contributed by atoms with Crippen LogP contribution in [0.15, 0.2) is 0 Å². The van der Waals surface area contributed by atoms with Crippen LogP contribution in [0.3, 0.4) is 0 Å². The first-order valence-electron chi connectivity index (χ1n) is 38.3. The second kappa shape index (κ2) is 59.7. The second-order valence-electron chi connectivity index (χ2n) is 27.5. The maximum Gasteiger partial charge on any atom is 0.220 e. The minimum Gasteiger partial charge on any atom is -0.394 e. The van der Waals surface area contributed by atoms with E-state index in [-0.39, 0.29) is 12.5 Å². The smallest absolute Gasteiger partial charge is 0.220 e. The number of carbonyl (C=O) groups excluding carboxylic acids is 1. The van der Waals surface area contributed by atoms with Crippen LogP contribution in [-0.2, 0) is 23.7 Å². The van der Waals surface area contributed by atoms with Gasteiger partial charge in [-0.2, -0.15) is 0 Å². The second-order valence-corrected chi connectivity index (χ2v) is 27.5. The van der Waals surface area contributed by atoms with Gasteiger partial charge in [0.1, 0.15) is 48.8 Å². The number of nitrogens with one attached hydrogen (secondary N) is 1. The van der Waals surface area contributed by atoms with Crippen LogP contribution in [0.4, 0.5) is 0 Å². The first kappa shape index (κ1) is 83.1. The average molecular weight is 1260 g/mol. The monoisotopic (exact) mass is 1260 g/mol. The van der Waals surface area contributed by atoms with Crippen LogP contribution < -0.4 is 5.32 Å². The van der Waals surface area contributed by atoms with Crippen LogP contribution in [0.25, 0.3) is 0 Å². The van der Waals surface area contributed by atoms with Gasteiger partial charge in [0.2, 0.25) is 5.91 Å². The number of aliphatic hydroxyl groups is 8. The highest BCUT2D eigenvalue weighted by Crippen LogP contribution is 2.30. The minimum atomic E-state index is -1.78. The van der Waals surface area contributed by atoms with Crippen molar-refractivity contribution in [2.24, 2.45) is 0 Å². The highest BCUT2D eigenvalue weighted by Gasteiger charge is 2.51. The molecular formula is C74H145NO13. The fourth-order valence-electron chi connectivity index (χ4n) is 13.2. The van der Waals surface area contributed by atoms with Crippen molar-refractivity contribution in [3.05, 3.63) is 0 Å². The van der Waals surface area contributed by atoms with E-state index in [0.29, 0.717) is 12.8 Å². The predicted molar refractivity (Wildman–Crippen MR) is 360 cm³/mol. The quantitative estimate of drug-likeness (QED) is 0.0259. The molecule has 88 heavy (non-hydrogen) atoms. The van der Waals surface area contributed by atoms with E-state index in [0.717, 1.165) is 51.4 Å². The van der Waals surface area contributed by atoms with Gasteiger partial charge in [0, 0.05) is 6.42 Å². The normalized spacial score (nSPS) is 23.0. The number of amides is 1. The molecule has 0 aromatic rings. The molecule has 0 aromatic heterocycles. The van der Waals surface area contributed by atoms with Crippen LogP contribution in [0.5, 0.6) is 0 Å². The van der Waals surface area contributed by atoms with E-state index in [1.165, 1.54) is 295 Å². The molecule has 0 bridgehead atoms. The van der Waals surface area contributed by atoms with E-state index >= 15 is 0 Å². The summed E-state index contributed by atoms with van der Waals surface area (Å²) >= 11 is 0. The Hall–Kier alpha value is -1.01. The summed E-state index contributed by atoms with van der Waals surface area (Å²) in [7, 11) is 0. The molecule has 0 aliphatic carbocycles. The molecule has 12 atom stereocenters. The first-order valence-corrected chi connectivity index (χ1v) is 38.3. The number of aliphatic hydroxyl groups excluding tert-OH is 8. The Balaban J connectivity index is 1.54. The van der Waals surface area contributed by atoms with Crippen molar-refractivity contribution >= 4 is 5.91 Å². The molecule has 2 heterocycles. The van der Waals surface area contributed by atoms with E-state index in [9.17, 15) is 45.6 Å². The molecule has 2 fully saturated rings. The van der Waals surface area contributed by atoms with Gasteiger partial charge in [0.05, 0.1) is 32.0 Å². The summed E-state index contributed by atoms with van der Waals surface area (Å²) in [5, 5.41) is 87.6. The molecule has 0 saturated carbocycles.